The molecular weight excluding hydrogens is 474 g/mol. The summed E-state index contributed by atoms with van der Waals surface area (Å²) >= 11 is 7.48. The van der Waals surface area contributed by atoms with Crippen molar-refractivity contribution in [1.29, 1.82) is 0 Å². The van der Waals surface area contributed by atoms with Crippen LogP contribution in [0.5, 0.6) is 0 Å². The fourth-order valence-corrected chi connectivity index (χ4v) is 6.10. The molecule has 0 spiro atoms. The molecule has 180 valence electrons. The number of likely N-dealkylation sites (N-methyl/N-ethyl adjacent to an activating group) is 1. The van der Waals surface area contributed by atoms with E-state index in [9.17, 15) is 14.7 Å². The van der Waals surface area contributed by atoms with E-state index >= 15 is 0 Å². The monoisotopic (exact) mass is 501 g/mol. The van der Waals surface area contributed by atoms with Crippen LogP contribution in [0.1, 0.15) is 57.0 Å². The summed E-state index contributed by atoms with van der Waals surface area (Å²) in [6.07, 6.45) is 2.27. The number of aromatic nitrogens is 2. The van der Waals surface area contributed by atoms with Crippen LogP contribution in [0.4, 0.5) is 0 Å². The van der Waals surface area contributed by atoms with E-state index in [4.69, 9.17) is 11.6 Å². The molecule has 1 aliphatic heterocycles. The van der Waals surface area contributed by atoms with Crippen molar-refractivity contribution in [2.45, 2.75) is 56.8 Å². The van der Waals surface area contributed by atoms with Crippen molar-refractivity contribution < 1.29 is 14.7 Å². The molecule has 3 atom stereocenters. The average molecular weight is 502 g/mol. The van der Waals surface area contributed by atoms with Crippen LogP contribution in [0.3, 0.4) is 0 Å². The molecule has 34 heavy (non-hydrogen) atoms. The van der Waals surface area contributed by atoms with Crippen molar-refractivity contribution in [3.63, 3.8) is 0 Å². The van der Waals surface area contributed by atoms with E-state index in [0.717, 1.165) is 41.0 Å². The Labute approximate surface area is 206 Å². The second-order valence-electron chi connectivity index (χ2n) is 9.69. The number of halogens is 1. The molecule has 1 aromatic carbocycles. The Morgan fingerprint density at radius 2 is 2.06 bits per heavy atom. The maximum Gasteiger partial charge on any atom is 0.280 e. The lowest BCUT2D eigenvalue weighted by Crippen LogP contribution is -2.57. The number of benzene rings is 1. The van der Waals surface area contributed by atoms with E-state index in [1.165, 1.54) is 11.3 Å². The molecule has 2 aliphatic rings. The molecule has 2 aromatic heterocycles. The molecule has 1 saturated carbocycles. The Kier molecular flexibility index (Phi) is 6.14. The summed E-state index contributed by atoms with van der Waals surface area (Å²) in [7, 11) is 2.06. The highest BCUT2D eigenvalue weighted by Crippen LogP contribution is 2.30. The van der Waals surface area contributed by atoms with Gasteiger partial charge < -0.3 is 25.6 Å². The van der Waals surface area contributed by atoms with E-state index < -0.39 is 11.6 Å². The largest absolute Gasteiger partial charge is 0.390 e. The molecule has 1 fully saturated rings. The summed E-state index contributed by atoms with van der Waals surface area (Å²) in [6.45, 7) is 3.49. The van der Waals surface area contributed by atoms with Gasteiger partial charge in [0.15, 0.2) is 5.01 Å². The first-order valence-corrected chi connectivity index (χ1v) is 12.7. The lowest BCUT2D eigenvalue weighted by Gasteiger charge is -2.40. The van der Waals surface area contributed by atoms with E-state index in [-0.39, 0.29) is 17.9 Å². The van der Waals surface area contributed by atoms with Crippen LogP contribution in [0.2, 0.25) is 5.02 Å². The van der Waals surface area contributed by atoms with Crippen LogP contribution in [-0.4, -0.2) is 63.1 Å². The Bertz CT molecular complexity index is 1250. The number of carbonyl (C=O) groups is 2. The quantitative estimate of drug-likeness (QED) is 0.439. The molecule has 5 rings (SSSR count). The molecular formula is C24H28ClN5O3S. The number of nitrogens with zero attached hydrogens (tertiary/aromatic N) is 2. The minimum atomic E-state index is -0.915. The number of H-pyrrole nitrogens is 1. The number of aromatic amines is 1. The first kappa shape index (κ1) is 23.3. The Hall–Kier alpha value is -2.46. The van der Waals surface area contributed by atoms with Crippen LogP contribution < -0.4 is 10.6 Å². The fraction of sp³-hybridized carbons (Fsp3) is 0.458. The number of hydrogen-bond acceptors (Lipinski definition) is 6. The van der Waals surface area contributed by atoms with Gasteiger partial charge in [0.25, 0.3) is 11.8 Å². The topological polar surface area (TPSA) is 110 Å². The Morgan fingerprint density at radius 1 is 1.26 bits per heavy atom. The number of fused-ring (bicyclic) bond motifs is 2. The van der Waals surface area contributed by atoms with Crippen molar-refractivity contribution in [3.05, 3.63) is 50.6 Å². The van der Waals surface area contributed by atoms with E-state index in [0.29, 0.717) is 35.0 Å². The van der Waals surface area contributed by atoms with Crippen molar-refractivity contribution in [1.82, 2.24) is 25.5 Å². The number of aliphatic hydroxyl groups is 1. The van der Waals surface area contributed by atoms with Gasteiger partial charge in [-0.05, 0) is 57.5 Å². The third kappa shape index (κ3) is 4.84. The van der Waals surface area contributed by atoms with Gasteiger partial charge in [0.1, 0.15) is 5.69 Å². The maximum absolute atomic E-state index is 13.1. The summed E-state index contributed by atoms with van der Waals surface area (Å²) in [6, 6.07) is 6.44. The van der Waals surface area contributed by atoms with Gasteiger partial charge in [-0.2, -0.15) is 0 Å². The van der Waals surface area contributed by atoms with Crippen LogP contribution in [0, 0.1) is 0 Å². The number of hydrogen-bond donors (Lipinski definition) is 4. The zero-order valence-electron chi connectivity index (χ0n) is 19.2. The Balaban J connectivity index is 1.31. The zero-order chi connectivity index (χ0) is 24.0. The molecule has 1 unspecified atom stereocenters. The normalized spacial score (nSPS) is 25.2. The smallest absolute Gasteiger partial charge is 0.280 e. The molecule has 0 radical (unpaired) electrons. The summed E-state index contributed by atoms with van der Waals surface area (Å²) < 4.78 is 0. The molecule has 10 heteroatoms. The minimum absolute atomic E-state index is 0.258. The molecule has 8 nitrogen and oxygen atoms in total. The number of carbonyl (C=O) groups excluding carboxylic acids is 2. The number of amides is 2. The molecule has 0 bridgehead atoms. The minimum Gasteiger partial charge on any atom is -0.390 e. The third-order valence-electron chi connectivity index (χ3n) is 6.72. The van der Waals surface area contributed by atoms with E-state index in [2.05, 4.69) is 32.5 Å². The first-order chi connectivity index (χ1) is 16.2. The highest BCUT2D eigenvalue weighted by atomic mass is 35.5. The van der Waals surface area contributed by atoms with Crippen LogP contribution in [0.25, 0.3) is 10.9 Å². The van der Waals surface area contributed by atoms with Crippen molar-refractivity contribution in [2.24, 2.45) is 0 Å². The first-order valence-electron chi connectivity index (χ1n) is 11.5. The van der Waals surface area contributed by atoms with Gasteiger partial charge in [-0.3, -0.25) is 9.59 Å². The van der Waals surface area contributed by atoms with Gasteiger partial charge in [0, 0.05) is 46.4 Å². The zero-order valence-corrected chi connectivity index (χ0v) is 20.7. The second-order valence-corrected chi connectivity index (χ2v) is 11.2. The molecule has 2 amide bonds. The predicted molar refractivity (Wildman–Crippen MR) is 132 cm³/mol. The van der Waals surface area contributed by atoms with E-state index in [1.54, 1.807) is 25.1 Å². The average Bonchev–Trinajstić information content (AvgIpc) is 3.38. The molecule has 4 N–H and O–H groups in total. The lowest BCUT2D eigenvalue weighted by atomic mass is 9.80. The van der Waals surface area contributed by atoms with Gasteiger partial charge in [-0.15, -0.1) is 11.3 Å². The number of thiazole rings is 1. The number of rotatable bonds is 4. The van der Waals surface area contributed by atoms with Gasteiger partial charge in [0.05, 0.1) is 17.3 Å². The van der Waals surface area contributed by atoms with Gasteiger partial charge in [-0.1, -0.05) is 11.6 Å². The predicted octanol–water partition coefficient (Wildman–Crippen LogP) is 3.10. The van der Waals surface area contributed by atoms with Crippen molar-refractivity contribution >= 4 is 45.7 Å². The van der Waals surface area contributed by atoms with Crippen LogP contribution in [-0.2, 0) is 13.0 Å². The standard InChI is InChI=1S/C24H28ClN5O3S/c1-24(33)7-5-16(27-21(31)18-10-13-9-14(25)3-4-15(13)26-18)19(11-24)28-22(32)23-29-17-6-8-30(2)12-20(17)34-23/h3-4,9-10,16,19,26,33H,5-8,11-12H2,1-2H3,(H,27,31)(H,28,32)/t16-,19+,24?/m0/s1. The lowest BCUT2D eigenvalue weighted by molar-refractivity contribution is 0.000654. The SMILES string of the molecule is CN1CCc2nc(C(=O)N[C@@H]3CC(C)(O)CC[C@@H]3NC(=O)c3cc4cc(Cl)ccc4[nH]3)sc2C1. The summed E-state index contributed by atoms with van der Waals surface area (Å²) in [5, 5.41) is 18.7. The van der Waals surface area contributed by atoms with E-state index in [1.807, 2.05) is 6.07 Å². The van der Waals surface area contributed by atoms with Gasteiger partial charge >= 0.3 is 0 Å². The van der Waals surface area contributed by atoms with Gasteiger partial charge in [-0.25, -0.2) is 4.98 Å². The molecule has 3 heterocycles. The third-order valence-corrected chi connectivity index (χ3v) is 8.03. The highest BCUT2D eigenvalue weighted by Gasteiger charge is 2.38. The highest BCUT2D eigenvalue weighted by molar-refractivity contribution is 7.13. The summed E-state index contributed by atoms with van der Waals surface area (Å²) in [5.74, 6) is -0.518. The molecule has 0 saturated heterocycles. The Morgan fingerprint density at radius 3 is 2.88 bits per heavy atom. The van der Waals surface area contributed by atoms with Crippen molar-refractivity contribution in [3.8, 4) is 0 Å². The van der Waals surface area contributed by atoms with Gasteiger partial charge in [0.2, 0.25) is 0 Å². The second kappa shape index (κ2) is 8.96. The maximum atomic E-state index is 13.1. The summed E-state index contributed by atoms with van der Waals surface area (Å²) in [5.41, 5.74) is 1.33. The van der Waals surface area contributed by atoms with Crippen molar-refractivity contribution in [2.75, 3.05) is 13.6 Å². The number of nitrogens with one attached hydrogen (secondary N) is 3. The fourth-order valence-electron chi connectivity index (χ4n) is 4.83. The van der Waals surface area contributed by atoms with Crippen LogP contribution >= 0.6 is 22.9 Å². The van der Waals surface area contributed by atoms with Crippen LogP contribution in [0.15, 0.2) is 24.3 Å². The summed E-state index contributed by atoms with van der Waals surface area (Å²) in [4.78, 5) is 37.1. The molecule has 1 aliphatic carbocycles. The molecule has 3 aromatic rings.